The van der Waals surface area contributed by atoms with Crippen molar-refractivity contribution in [1.82, 2.24) is 5.32 Å². The van der Waals surface area contributed by atoms with Gasteiger partial charge in [-0.15, -0.1) is 0 Å². The van der Waals surface area contributed by atoms with Crippen LogP contribution in [0.4, 0.5) is 0 Å². The third-order valence-corrected chi connectivity index (χ3v) is 13.0. The highest BCUT2D eigenvalue weighted by Gasteiger charge is 2.68. The summed E-state index contributed by atoms with van der Waals surface area (Å²) in [5.41, 5.74) is 2.23. The van der Waals surface area contributed by atoms with E-state index in [2.05, 4.69) is 39.1 Å². The zero-order valence-corrected chi connectivity index (χ0v) is 23.6. The number of hydrogen-bond donors (Lipinski definition) is 1. The SMILES string of the molecule is C[C@@H]1CC[C@@]2(OC1)O[C@H]1C[C@H]3[C@@H]4CC=C5C[C@@H](OC(=O)[C@@H]6CCCN6)CC[C@]5(C)[C@H]4CC[C@]3(C)[C@H]1[C@@H]2C. The minimum absolute atomic E-state index is 0.0189. The summed E-state index contributed by atoms with van der Waals surface area (Å²) in [5, 5.41) is 3.31. The minimum Gasteiger partial charge on any atom is -0.461 e. The van der Waals surface area contributed by atoms with Gasteiger partial charge in [0.2, 0.25) is 0 Å². The van der Waals surface area contributed by atoms with Gasteiger partial charge in [-0.1, -0.05) is 39.3 Å². The Morgan fingerprint density at radius 2 is 1.95 bits per heavy atom. The molecule has 1 spiro atoms. The van der Waals surface area contributed by atoms with Crippen LogP contribution in [0.1, 0.15) is 98.3 Å². The van der Waals surface area contributed by atoms with Gasteiger partial charge in [0.25, 0.3) is 0 Å². The van der Waals surface area contributed by atoms with E-state index in [9.17, 15) is 4.79 Å². The maximum absolute atomic E-state index is 12.7. The first kappa shape index (κ1) is 25.1. The lowest BCUT2D eigenvalue weighted by Crippen LogP contribution is -2.52. The third kappa shape index (κ3) is 3.69. The molecule has 12 atom stereocenters. The Labute approximate surface area is 223 Å². The molecule has 0 amide bonds. The molecule has 7 aliphatic rings. The van der Waals surface area contributed by atoms with Gasteiger partial charge in [-0.3, -0.25) is 4.79 Å². The Bertz CT molecular complexity index is 948. The van der Waals surface area contributed by atoms with Crippen LogP contribution in [0.25, 0.3) is 0 Å². The fourth-order valence-corrected chi connectivity index (χ4v) is 10.9. The van der Waals surface area contributed by atoms with E-state index in [-0.39, 0.29) is 29.3 Å². The third-order valence-electron chi connectivity index (χ3n) is 13.0. The van der Waals surface area contributed by atoms with Crippen LogP contribution in [0.5, 0.6) is 0 Å². The predicted molar refractivity (Wildman–Crippen MR) is 143 cm³/mol. The molecule has 7 rings (SSSR count). The van der Waals surface area contributed by atoms with E-state index < -0.39 is 0 Å². The Balaban J connectivity index is 1.07. The molecule has 5 nitrogen and oxygen atoms in total. The number of hydrogen-bond acceptors (Lipinski definition) is 5. The van der Waals surface area contributed by atoms with E-state index >= 15 is 0 Å². The highest BCUT2D eigenvalue weighted by molar-refractivity contribution is 5.76. The van der Waals surface area contributed by atoms with Crippen molar-refractivity contribution < 1.29 is 19.0 Å². The van der Waals surface area contributed by atoms with Crippen LogP contribution in [0.15, 0.2) is 11.6 Å². The van der Waals surface area contributed by atoms with Crippen LogP contribution in [-0.4, -0.2) is 43.2 Å². The molecule has 0 aromatic carbocycles. The molecule has 0 aromatic heterocycles. The highest BCUT2D eigenvalue weighted by Crippen LogP contribution is 2.70. The number of rotatable bonds is 2. The number of carbonyl (C=O) groups is 1. The first-order valence-electron chi connectivity index (χ1n) is 15.7. The van der Waals surface area contributed by atoms with Gasteiger partial charge in [-0.25, -0.2) is 0 Å². The zero-order chi connectivity index (χ0) is 25.6. The number of carbonyl (C=O) groups excluding carboxylic acids is 1. The molecular weight excluding hydrogens is 462 g/mol. The van der Waals surface area contributed by atoms with E-state index in [1.165, 1.54) is 32.1 Å². The molecule has 0 radical (unpaired) electrons. The largest absolute Gasteiger partial charge is 0.461 e. The lowest BCUT2D eigenvalue weighted by atomic mass is 9.47. The number of fused-ring (bicyclic) bond motifs is 7. The molecule has 0 aromatic rings. The van der Waals surface area contributed by atoms with E-state index in [0.717, 1.165) is 69.4 Å². The molecule has 6 fully saturated rings. The van der Waals surface area contributed by atoms with Crippen molar-refractivity contribution in [2.45, 2.75) is 122 Å². The second-order valence-electron chi connectivity index (χ2n) is 14.7. The van der Waals surface area contributed by atoms with Gasteiger partial charge in [0.05, 0.1) is 12.7 Å². The van der Waals surface area contributed by atoms with Crippen LogP contribution in [-0.2, 0) is 19.0 Å². The van der Waals surface area contributed by atoms with Crippen molar-refractivity contribution in [1.29, 1.82) is 0 Å². The summed E-state index contributed by atoms with van der Waals surface area (Å²) in [5.74, 6) is 3.71. The summed E-state index contributed by atoms with van der Waals surface area (Å²) < 4.78 is 19.5. The highest BCUT2D eigenvalue weighted by atomic mass is 16.7. The number of nitrogens with one attached hydrogen (secondary N) is 1. The van der Waals surface area contributed by atoms with Gasteiger partial charge < -0.3 is 19.5 Å². The molecule has 3 aliphatic heterocycles. The second kappa shape index (κ2) is 8.80. The molecule has 206 valence electrons. The molecular formula is C32H49NO4. The summed E-state index contributed by atoms with van der Waals surface area (Å²) in [7, 11) is 0. The van der Waals surface area contributed by atoms with Crippen molar-refractivity contribution in [3.63, 3.8) is 0 Å². The van der Waals surface area contributed by atoms with Crippen LogP contribution in [0.3, 0.4) is 0 Å². The van der Waals surface area contributed by atoms with Gasteiger partial charge in [-0.2, -0.15) is 0 Å². The van der Waals surface area contributed by atoms with E-state index in [1.54, 1.807) is 5.57 Å². The zero-order valence-electron chi connectivity index (χ0n) is 23.6. The van der Waals surface area contributed by atoms with E-state index in [1.807, 2.05) is 0 Å². The first-order chi connectivity index (χ1) is 17.7. The Morgan fingerprint density at radius 1 is 1.08 bits per heavy atom. The summed E-state index contributed by atoms with van der Waals surface area (Å²) >= 11 is 0. The summed E-state index contributed by atoms with van der Waals surface area (Å²) in [6.45, 7) is 11.7. The average Bonchev–Trinajstić information content (AvgIpc) is 3.57. The van der Waals surface area contributed by atoms with Crippen LogP contribution >= 0.6 is 0 Å². The molecule has 0 bridgehead atoms. The second-order valence-corrected chi connectivity index (χ2v) is 14.7. The van der Waals surface area contributed by atoms with Crippen molar-refractivity contribution in [2.24, 2.45) is 46.3 Å². The van der Waals surface area contributed by atoms with Crippen molar-refractivity contribution >= 4 is 5.97 Å². The first-order valence-corrected chi connectivity index (χ1v) is 15.7. The summed E-state index contributed by atoms with van der Waals surface area (Å²) in [6.07, 6.45) is 15.5. The molecule has 1 N–H and O–H groups in total. The van der Waals surface area contributed by atoms with Crippen LogP contribution in [0, 0.1) is 46.3 Å². The van der Waals surface area contributed by atoms with Crippen molar-refractivity contribution in [3.8, 4) is 0 Å². The van der Waals surface area contributed by atoms with Crippen molar-refractivity contribution in [2.75, 3.05) is 13.2 Å². The average molecular weight is 512 g/mol. The molecule has 3 heterocycles. The topological polar surface area (TPSA) is 56.8 Å². The molecule has 37 heavy (non-hydrogen) atoms. The smallest absolute Gasteiger partial charge is 0.323 e. The fraction of sp³-hybridized carbons (Fsp3) is 0.906. The van der Waals surface area contributed by atoms with Gasteiger partial charge >= 0.3 is 5.97 Å². The lowest BCUT2D eigenvalue weighted by Gasteiger charge is -2.58. The predicted octanol–water partition coefficient (Wildman–Crippen LogP) is 6.02. The molecule has 0 unspecified atom stereocenters. The van der Waals surface area contributed by atoms with E-state index in [4.69, 9.17) is 14.2 Å². The standard InChI is InChI=1S/C32H49NO4/c1-19-9-14-32(35-18-19)20(2)28-27(37-32)17-25-23-8-7-21-16-22(36-29(34)26-6-5-15-33-26)10-12-30(21,3)24(23)11-13-31(25,28)4/h7,19-20,22-28,33H,5-6,8-18H2,1-4H3/t19-,20+,22+,23-,24+,25+,26+,27+,28+,30+,31+,32-/m1/s1. The molecule has 3 saturated carbocycles. The lowest BCUT2D eigenvalue weighted by molar-refractivity contribution is -0.272. The van der Waals surface area contributed by atoms with Gasteiger partial charge in [-0.05, 0) is 105 Å². The number of esters is 1. The monoisotopic (exact) mass is 511 g/mol. The minimum atomic E-state index is -0.317. The van der Waals surface area contributed by atoms with E-state index in [0.29, 0.717) is 29.3 Å². The van der Waals surface area contributed by atoms with Crippen molar-refractivity contribution in [3.05, 3.63) is 11.6 Å². The number of allylic oxidation sites excluding steroid dienone is 1. The summed E-state index contributed by atoms with van der Waals surface area (Å²) in [6, 6.07) is -0.0815. The molecule has 3 saturated heterocycles. The molecule has 4 aliphatic carbocycles. The van der Waals surface area contributed by atoms with Gasteiger partial charge in [0.1, 0.15) is 12.1 Å². The maximum atomic E-state index is 12.7. The quantitative estimate of drug-likeness (QED) is 0.363. The molecule has 5 heteroatoms. The van der Waals surface area contributed by atoms with Crippen LogP contribution < -0.4 is 5.32 Å². The Morgan fingerprint density at radius 3 is 2.70 bits per heavy atom. The normalized spacial score (nSPS) is 54.7. The van der Waals surface area contributed by atoms with Crippen LogP contribution in [0.2, 0.25) is 0 Å². The fourth-order valence-electron chi connectivity index (χ4n) is 10.9. The van der Waals surface area contributed by atoms with Gasteiger partial charge in [0.15, 0.2) is 5.79 Å². The summed E-state index contributed by atoms with van der Waals surface area (Å²) in [4.78, 5) is 12.7. The maximum Gasteiger partial charge on any atom is 0.323 e. The Kier molecular flexibility index (Phi) is 5.96. The number of ether oxygens (including phenoxy) is 3. The Hall–Kier alpha value is -0.910. The van der Waals surface area contributed by atoms with Gasteiger partial charge in [0, 0.05) is 18.8 Å².